The number of aromatic nitrogens is 2. The maximum absolute atomic E-state index is 5.78. The van der Waals surface area contributed by atoms with Gasteiger partial charge in [0.15, 0.2) is 0 Å². The number of ether oxygens (including phenoxy) is 2. The highest BCUT2D eigenvalue weighted by Gasteiger charge is 2.18. The normalized spacial score (nSPS) is 10.7. The Balaban J connectivity index is 1.70. The highest BCUT2D eigenvalue weighted by molar-refractivity contribution is 7.99. The molecule has 0 saturated heterocycles. The summed E-state index contributed by atoms with van der Waals surface area (Å²) in [6, 6.07) is 21.1. The molecular weight excluding hydrogens is 386 g/mol. The van der Waals surface area contributed by atoms with Crippen LogP contribution in [0.4, 0.5) is 5.69 Å². The summed E-state index contributed by atoms with van der Waals surface area (Å²) in [5.41, 5.74) is 8.07. The number of rotatable bonds is 6. The van der Waals surface area contributed by atoms with Gasteiger partial charge in [-0.2, -0.15) is 4.98 Å². The molecule has 0 bridgehead atoms. The smallest absolute Gasteiger partial charge is 0.259 e. The molecule has 0 amide bonds. The van der Waals surface area contributed by atoms with Gasteiger partial charge in [-0.25, -0.2) is 0 Å². The molecule has 0 aliphatic heterocycles. The van der Waals surface area contributed by atoms with Crippen molar-refractivity contribution in [1.82, 2.24) is 10.1 Å². The lowest BCUT2D eigenvalue weighted by Crippen LogP contribution is -1.91. The molecule has 0 fully saturated rings. The minimum atomic E-state index is 0.433. The van der Waals surface area contributed by atoms with E-state index in [1.807, 2.05) is 66.7 Å². The maximum atomic E-state index is 5.78. The molecule has 1 aromatic heterocycles. The summed E-state index contributed by atoms with van der Waals surface area (Å²) in [6.07, 6.45) is 0. The van der Waals surface area contributed by atoms with Crippen molar-refractivity contribution in [2.24, 2.45) is 0 Å². The molecule has 7 heteroatoms. The quantitative estimate of drug-likeness (QED) is 0.444. The Hall–Kier alpha value is -3.45. The van der Waals surface area contributed by atoms with E-state index in [0.29, 0.717) is 28.8 Å². The molecule has 0 saturated carbocycles. The summed E-state index contributed by atoms with van der Waals surface area (Å²) in [7, 11) is 3.21. The van der Waals surface area contributed by atoms with E-state index < -0.39 is 0 Å². The molecule has 1 heterocycles. The summed E-state index contributed by atoms with van der Waals surface area (Å²) in [6.45, 7) is 0. The fraction of sp³-hybridized carbons (Fsp3) is 0.0909. The molecule has 0 aliphatic rings. The van der Waals surface area contributed by atoms with Crippen molar-refractivity contribution in [3.63, 3.8) is 0 Å². The van der Waals surface area contributed by atoms with Crippen LogP contribution in [0.1, 0.15) is 0 Å². The Labute approximate surface area is 172 Å². The second-order valence-electron chi connectivity index (χ2n) is 6.16. The molecule has 4 rings (SSSR count). The number of anilines is 1. The lowest BCUT2D eigenvalue weighted by molar-refractivity contribution is 0.403. The number of benzene rings is 3. The van der Waals surface area contributed by atoms with Gasteiger partial charge in [0.25, 0.3) is 5.89 Å². The van der Waals surface area contributed by atoms with Gasteiger partial charge in [-0.05, 0) is 54.6 Å². The molecule has 3 aromatic carbocycles. The van der Waals surface area contributed by atoms with Crippen molar-refractivity contribution in [1.29, 1.82) is 0 Å². The number of hydrogen-bond donors (Lipinski definition) is 1. The van der Waals surface area contributed by atoms with Gasteiger partial charge in [0.1, 0.15) is 11.5 Å². The van der Waals surface area contributed by atoms with Crippen molar-refractivity contribution < 1.29 is 14.0 Å². The molecule has 29 heavy (non-hydrogen) atoms. The first-order valence-electron chi connectivity index (χ1n) is 8.87. The number of methoxy groups -OCH3 is 2. The first kappa shape index (κ1) is 18.9. The van der Waals surface area contributed by atoms with Crippen molar-refractivity contribution in [3.8, 4) is 34.3 Å². The molecule has 146 valence electrons. The van der Waals surface area contributed by atoms with Gasteiger partial charge in [-0.3, -0.25) is 0 Å². The van der Waals surface area contributed by atoms with Crippen molar-refractivity contribution in [2.45, 2.75) is 9.79 Å². The maximum Gasteiger partial charge on any atom is 0.259 e. The summed E-state index contributed by atoms with van der Waals surface area (Å²) < 4.78 is 16.3. The van der Waals surface area contributed by atoms with Gasteiger partial charge in [0.2, 0.25) is 5.82 Å². The van der Waals surface area contributed by atoms with Crippen LogP contribution >= 0.6 is 11.8 Å². The zero-order chi connectivity index (χ0) is 20.2. The van der Waals surface area contributed by atoms with Crippen LogP contribution in [-0.4, -0.2) is 24.4 Å². The van der Waals surface area contributed by atoms with Crippen LogP contribution in [0, 0.1) is 0 Å². The Morgan fingerprint density at radius 3 is 2.45 bits per heavy atom. The lowest BCUT2D eigenvalue weighted by Gasteiger charge is -2.07. The van der Waals surface area contributed by atoms with Crippen molar-refractivity contribution in [2.75, 3.05) is 20.0 Å². The average Bonchev–Trinajstić information content (AvgIpc) is 3.25. The first-order valence-corrected chi connectivity index (χ1v) is 9.68. The van der Waals surface area contributed by atoms with E-state index in [2.05, 4.69) is 10.1 Å². The van der Waals surface area contributed by atoms with Crippen LogP contribution in [0.3, 0.4) is 0 Å². The number of nitrogens with two attached hydrogens (primary N) is 1. The van der Waals surface area contributed by atoms with Gasteiger partial charge in [-0.15, -0.1) is 0 Å². The van der Waals surface area contributed by atoms with Crippen molar-refractivity contribution in [3.05, 3.63) is 66.7 Å². The predicted octanol–water partition coefficient (Wildman–Crippen LogP) is 5.15. The fourth-order valence-electron chi connectivity index (χ4n) is 2.83. The zero-order valence-corrected chi connectivity index (χ0v) is 16.8. The highest BCUT2D eigenvalue weighted by atomic mass is 32.2. The Morgan fingerprint density at radius 2 is 1.69 bits per heavy atom. The van der Waals surface area contributed by atoms with E-state index in [1.54, 1.807) is 26.0 Å². The minimum absolute atomic E-state index is 0.433. The van der Waals surface area contributed by atoms with Crippen LogP contribution in [0.25, 0.3) is 22.8 Å². The zero-order valence-electron chi connectivity index (χ0n) is 16.0. The predicted molar refractivity (Wildman–Crippen MR) is 113 cm³/mol. The van der Waals surface area contributed by atoms with Crippen molar-refractivity contribution >= 4 is 17.4 Å². The number of hydrogen-bond acceptors (Lipinski definition) is 7. The largest absolute Gasteiger partial charge is 0.497 e. The molecule has 0 radical (unpaired) electrons. The summed E-state index contributed by atoms with van der Waals surface area (Å²) >= 11 is 1.61. The van der Waals surface area contributed by atoms with Crippen LogP contribution in [0.15, 0.2) is 81.0 Å². The molecule has 0 atom stereocenters. The second kappa shape index (κ2) is 8.28. The van der Waals surface area contributed by atoms with Crippen LogP contribution in [-0.2, 0) is 0 Å². The fourth-order valence-corrected chi connectivity index (χ4v) is 3.76. The van der Waals surface area contributed by atoms with Gasteiger partial charge in [-0.1, -0.05) is 29.1 Å². The van der Waals surface area contributed by atoms with Gasteiger partial charge in [0, 0.05) is 15.5 Å². The first-order chi connectivity index (χ1) is 14.2. The van der Waals surface area contributed by atoms with Crippen LogP contribution in [0.5, 0.6) is 11.5 Å². The van der Waals surface area contributed by atoms with Gasteiger partial charge >= 0.3 is 0 Å². The monoisotopic (exact) mass is 405 g/mol. The molecule has 0 spiro atoms. The SMILES string of the molecule is COc1ccc(OC)c(-c2noc(-c3ccccc3Sc3ccc(N)cc3)n2)c1. The highest BCUT2D eigenvalue weighted by Crippen LogP contribution is 2.37. The molecule has 0 aliphatic carbocycles. The molecular formula is C22H19N3O3S. The van der Waals surface area contributed by atoms with E-state index in [4.69, 9.17) is 19.7 Å². The van der Waals surface area contributed by atoms with E-state index in [0.717, 1.165) is 21.0 Å². The molecule has 0 unspecified atom stereocenters. The Morgan fingerprint density at radius 1 is 0.897 bits per heavy atom. The third kappa shape index (κ3) is 4.05. The summed E-state index contributed by atoms with van der Waals surface area (Å²) in [5.74, 6) is 2.19. The molecule has 6 nitrogen and oxygen atoms in total. The number of nitrogens with zero attached hydrogens (tertiary/aromatic N) is 2. The van der Waals surface area contributed by atoms with E-state index in [9.17, 15) is 0 Å². The van der Waals surface area contributed by atoms with E-state index in [-0.39, 0.29) is 0 Å². The second-order valence-corrected chi connectivity index (χ2v) is 7.27. The van der Waals surface area contributed by atoms with Gasteiger partial charge < -0.3 is 19.7 Å². The van der Waals surface area contributed by atoms with Gasteiger partial charge in [0.05, 0.1) is 25.3 Å². The molecule has 2 N–H and O–H groups in total. The standard InChI is InChI=1S/C22H19N3O3S/c1-26-15-9-12-19(27-2)18(13-15)21-24-22(28-25-21)17-5-3-4-6-20(17)29-16-10-7-14(23)8-11-16/h3-13H,23H2,1-2H3. The van der Waals surface area contributed by atoms with Crippen LogP contribution in [0.2, 0.25) is 0 Å². The third-order valence-electron chi connectivity index (χ3n) is 4.30. The molecule has 4 aromatic rings. The summed E-state index contributed by atoms with van der Waals surface area (Å²) in [4.78, 5) is 6.68. The third-order valence-corrected chi connectivity index (χ3v) is 5.38. The lowest BCUT2D eigenvalue weighted by atomic mass is 10.1. The van der Waals surface area contributed by atoms with E-state index in [1.165, 1.54) is 0 Å². The van der Waals surface area contributed by atoms with Crippen LogP contribution < -0.4 is 15.2 Å². The Bertz CT molecular complexity index is 1130. The topological polar surface area (TPSA) is 83.4 Å². The summed E-state index contributed by atoms with van der Waals surface area (Å²) in [5, 5.41) is 4.16. The minimum Gasteiger partial charge on any atom is -0.497 e. The average molecular weight is 405 g/mol. The Kier molecular flexibility index (Phi) is 5.39. The number of nitrogen functional groups attached to an aromatic ring is 1. The van der Waals surface area contributed by atoms with E-state index >= 15 is 0 Å².